The van der Waals surface area contributed by atoms with E-state index in [-0.39, 0.29) is 24.8 Å². The Labute approximate surface area is 152 Å². The maximum Gasteiger partial charge on any atom is 0.307 e. The lowest BCUT2D eigenvalue weighted by Gasteiger charge is -2.23. The van der Waals surface area contributed by atoms with Gasteiger partial charge in [-0.05, 0) is 24.5 Å². The molecule has 7 heteroatoms. The molecule has 1 heterocycles. The van der Waals surface area contributed by atoms with Crippen LogP contribution in [0.15, 0.2) is 24.3 Å². The molecule has 1 aliphatic rings. The molecule has 0 bridgehead atoms. The average molecular weight is 367 g/mol. The van der Waals surface area contributed by atoms with Gasteiger partial charge in [-0.25, -0.2) is 0 Å². The number of amides is 2. The van der Waals surface area contributed by atoms with Gasteiger partial charge in [0.15, 0.2) is 0 Å². The Morgan fingerprint density at radius 3 is 2.76 bits per heavy atom. The van der Waals surface area contributed by atoms with Crippen LogP contribution in [0.4, 0.5) is 0 Å². The SMILES string of the molecule is COC(=O)CC(NC(=O)CN1CCCCCC1=O)c1ccccc1Cl. The number of carbonyl (C=O) groups is 3. The van der Waals surface area contributed by atoms with Crippen LogP contribution in [-0.2, 0) is 19.1 Å². The van der Waals surface area contributed by atoms with Crippen molar-refractivity contribution in [2.75, 3.05) is 20.2 Å². The molecule has 1 aromatic rings. The second-order valence-corrected chi connectivity index (χ2v) is 6.46. The van der Waals surface area contributed by atoms with Gasteiger partial charge in [-0.1, -0.05) is 36.2 Å². The number of benzene rings is 1. The normalized spacial score (nSPS) is 16.1. The quantitative estimate of drug-likeness (QED) is 0.785. The van der Waals surface area contributed by atoms with Crippen molar-refractivity contribution < 1.29 is 19.1 Å². The third-order valence-corrected chi connectivity index (χ3v) is 4.56. The van der Waals surface area contributed by atoms with Gasteiger partial charge in [0.2, 0.25) is 11.8 Å². The van der Waals surface area contributed by atoms with Gasteiger partial charge in [-0.15, -0.1) is 0 Å². The lowest BCUT2D eigenvalue weighted by Crippen LogP contribution is -2.42. The van der Waals surface area contributed by atoms with E-state index in [2.05, 4.69) is 5.32 Å². The summed E-state index contributed by atoms with van der Waals surface area (Å²) in [5, 5.41) is 3.27. The van der Waals surface area contributed by atoms with Crippen molar-refractivity contribution in [1.29, 1.82) is 0 Å². The highest BCUT2D eigenvalue weighted by molar-refractivity contribution is 6.31. The number of carbonyl (C=O) groups excluding carboxylic acids is 3. The molecular weight excluding hydrogens is 344 g/mol. The lowest BCUT2D eigenvalue weighted by atomic mass is 10.0. The van der Waals surface area contributed by atoms with Crippen LogP contribution in [-0.4, -0.2) is 42.9 Å². The molecular formula is C18H23ClN2O4. The minimum Gasteiger partial charge on any atom is -0.469 e. The maximum atomic E-state index is 12.4. The highest BCUT2D eigenvalue weighted by Gasteiger charge is 2.24. The van der Waals surface area contributed by atoms with E-state index in [1.165, 1.54) is 7.11 Å². The largest absolute Gasteiger partial charge is 0.469 e. The van der Waals surface area contributed by atoms with Gasteiger partial charge in [0.05, 0.1) is 26.1 Å². The Morgan fingerprint density at radius 2 is 2.04 bits per heavy atom. The second-order valence-electron chi connectivity index (χ2n) is 6.05. The lowest BCUT2D eigenvalue weighted by molar-refractivity contribution is -0.142. The number of methoxy groups -OCH3 is 1. The number of ether oxygens (including phenoxy) is 1. The summed E-state index contributed by atoms with van der Waals surface area (Å²) in [4.78, 5) is 37.7. The molecule has 0 radical (unpaired) electrons. The van der Waals surface area contributed by atoms with Crippen molar-refractivity contribution in [1.82, 2.24) is 10.2 Å². The smallest absolute Gasteiger partial charge is 0.307 e. The van der Waals surface area contributed by atoms with Crippen LogP contribution >= 0.6 is 11.6 Å². The zero-order valence-corrected chi connectivity index (χ0v) is 15.1. The van der Waals surface area contributed by atoms with E-state index in [0.717, 1.165) is 19.3 Å². The molecule has 1 saturated heterocycles. The molecule has 1 aromatic carbocycles. The summed E-state index contributed by atoms with van der Waals surface area (Å²) in [5.74, 6) is -0.768. The van der Waals surface area contributed by atoms with Gasteiger partial charge in [0, 0.05) is 18.0 Å². The third-order valence-electron chi connectivity index (χ3n) is 4.22. The Bertz CT molecular complexity index is 635. The monoisotopic (exact) mass is 366 g/mol. The first kappa shape index (κ1) is 19.2. The zero-order valence-electron chi connectivity index (χ0n) is 14.3. The standard InChI is InChI=1S/C18H23ClN2O4/c1-25-18(24)11-15(13-7-4-5-8-14(13)19)20-16(22)12-21-10-6-2-3-9-17(21)23/h4-5,7-8,15H,2-3,6,9-12H2,1H3,(H,20,22). The summed E-state index contributed by atoms with van der Waals surface area (Å²) in [6.07, 6.45) is 3.20. The summed E-state index contributed by atoms with van der Waals surface area (Å²) in [6, 6.07) is 6.42. The van der Waals surface area contributed by atoms with Crippen molar-refractivity contribution in [2.45, 2.75) is 38.1 Å². The van der Waals surface area contributed by atoms with E-state index in [0.29, 0.717) is 23.6 Å². The van der Waals surface area contributed by atoms with Crippen molar-refractivity contribution in [3.63, 3.8) is 0 Å². The topological polar surface area (TPSA) is 75.7 Å². The van der Waals surface area contributed by atoms with Crippen LogP contribution in [0.3, 0.4) is 0 Å². The number of nitrogens with zero attached hydrogens (tertiary/aromatic N) is 1. The van der Waals surface area contributed by atoms with Crippen molar-refractivity contribution in [3.05, 3.63) is 34.9 Å². The predicted molar refractivity (Wildman–Crippen MR) is 94.0 cm³/mol. The summed E-state index contributed by atoms with van der Waals surface area (Å²) >= 11 is 6.20. The molecule has 6 nitrogen and oxygen atoms in total. The Hall–Kier alpha value is -2.08. The van der Waals surface area contributed by atoms with Gasteiger partial charge in [-0.2, -0.15) is 0 Å². The van der Waals surface area contributed by atoms with E-state index in [1.807, 2.05) is 0 Å². The number of hydrogen-bond acceptors (Lipinski definition) is 4. The minimum atomic E-state index is -0.601. The van der Waals surface area contributed by atoms with Crippen LogP contribution < -0.4 is 5.32 Å². The first-order chi connectivity index (χ1) is 12.0. The van der Waals surface area contributed by atoms with Gasteiger partial charge in [0.25, 0.3) is 0 Å². The molecule has 25 heavy (non-hydrogen) atoms. The Balaban J connectivity index is 2.07. The Kier molecular flexibility index (Phi) is 7.25. The molecule has 1 atom stereocenters. The van der Waals surface area contributed by atoms with Gasteiger partial charge < -0.3 is 15.0 Å². The number of nitrogens with one attached hydrogen (secondary N) is 1. The Morgan fingerprint density at radius 1 is 1.28 bits per heavy atom. The summed E-state index contributed by atoms with van der Waals surface area (Å²) in [5.41, 5.74) is 0.644. The summed E-state index contributed by atoms with van der Waals surface area (Å²) in [7, 11) is 1.30. The first-order valence-electron chi connectivity index (χ1n) is 8.39. The number of esters is 1. The predicted octanol–water partition coefficient (Wildman–Crippen LogP) is 2.46. The molecule has 136 valence electrons. The minimum absolute atomic E-state index is 0.00471. The fourth-order valence-corrected chi connectivity index (χ4v) is 3.13. The first-order valence-corrected chi connectivity index (χ1v) is 8.77. The fraction of sp³-hybridized carbons (Fsp3) is 0.500. The average Bonchev–Trinajstić information content (AvgIpc) is 2.79. The molecule has 0 aromatic heterocycles. The van der Waals surface area contributed by atoms with Crippen molar-refractivity contribution in [2.24, 2.45) is 0 Å². The summed E-state index contributed by atoms with van der Waals surface area (Å²) < 4.78 is 4.71. The van der Waals surface area contributed by atoms with Gasteiger partial charge in [0.1, 0.15) is 0 Å². The molecule has 1 N–H and O–H groups in total. The van der Waals surface area contributed by atoms with E-state index in [9.17, 15) is 14.4 Å². The molecule has 0 saturated carbocycles. The maximum absolute atomic E-state index is 12.4. The van der Waals surface area contributed by atoms with E-state index >= 15 is 0 Å². The van der Waals surface area contributed by atoms with Crippen LogP contribution in [0.25, 0.3) is 0 Å². The molecule has 1 aliphatic heterocycles. The van der Waals surface area contributed by atoms with Crippen LogP contribution in [0.5, 0.6) is 0 Å². The molecule has 1 unspecified atom stereocenters. The highest BCUT2D eigenvalue weighted by Crippen LogP contribution is 2.25. The van der Waals surface area contributed by atoms with Crippen LogP contribution in [0, 0.1) is 0 Å². The molecule has 2 amide bonds. The van der Waals surface area contributed by atoms with Gasteiger partial charge >= 0.3 is 5.97 Å². The molecule has 0 aliphatic carbocycles. The van der Waals surface area contributed by atoms with Gasteiger partial charge in [-0.3, -0.25) is 14.4 Å². The fourth-order valence-electron chi connectivity index (χ4n) is 2.87. The molecule has 2 rings (SSSR count). The third kappa shape index (κ3) is 5.74. The van der Waals surface area contributed by atoms with Crippen molar-refractivity contribution in [3.8, 4) is 0 Å². The molecule has 1 fully saturated rings. The van der Waals surface area contributed by atoms with Crippen LogP contribution in [0.2, 0.25) is 5.02 Å². The number of hydrogen-bond donors (Lipinski definition) is 1. The van der Waals surface area contributed by atoms with E-state index in [4.69, 9.17) is 16.3 Å². The second kappa shape index (κ2) is 9.42. The van der Waals surface area contributed by atoms with Crippen LogP contribution in [0.1, 0.15) is 43.7 Å². The van der Waals surface area contributed by atoms with E-state index in [1.54, 1.807) is 29.2 Å². The number of rotatable bonds is 6. The number of halogens is 1. The highest BCUT2D eigenvalue weighted by atomic mass is 35.5. The van der Waals surface area contributed by atoms with Crippen molar-refractivity contribution >= 4 is 29.4 Å². The zero-order chi connectivity index (χ0) is 18.2. The van der Waals surface area contributed by atoms with E-state index < -0.39 is 12.0 Å². The summed E-state index contributed by atoms with van der Waals surface area (Å²) in [6.45, 7) is 0.570. The number of likely N-dealkylation sites (tertiary alicyclic amines) is 1. The molecule has 0 spiro atoms.